The smallest absolute Gasteiger partial charge is 0.303 e. The second kappa shape index (κ2) is 6.89. The van der Waals surface area contributed by atoms with E-state index in [1.54, 1.807) is 24.4 Å². The van der Waals surface area contributed by atoms with Gasteiger partial charge in [-0.2, -0.15) is 0 Å². The van der Waals surface area contributed by atoms with Crippen LogP contribution >= 0.6 is 28.1 Å². The summed E-state index contributed by atoms with van der Waals surface area (Å²) in [6.45, 7) is 1.27. The minimum Gasteiger partial charge on any atom is -0.453 e. The van der Waals surface area contributed by atoms with Gasteiger partial charge < -0.3 is 15.5 Å². The molecule has 1 unspecified atom stereocenters. The number of pyridine rings is 1. The summed E-state index contributed by atoms with van der Waals surface area (Å²) in [6.07, 6.45) is 2.22. The van der Waals surface area contributed by atoms with Crippen LogP contribution in [0.1, 0.15) is 29.8 Å². The molecule has 5 nitrogen and oxygen atoms in total. The topological polar surface area (TPSA) is 81.0 Å². The number of esters is 1. The highest BCUT2D eigenvalue weighted by Gasteiger charge is 2.26. The molecule has 0 aliphatic carbocycles. The molecule has 1 atom stereocenters. The summed E-state index contributed by atoms with van der Waals surface area (Å²) in [6, 6.07) is 6.38. The van der Waals surface area contributed by atoms with Crippen LogP contribution in [0.2, 0.25) is 0 Å². The number of nitrogens with zero attached hydrogens (tertiary/aromatic N) is 1. The van der Waals surface area contributed by atoms with E-state index >= 15 is 0 Å². The molecule has 3 rings (SSSR count). The fourth-order valence-corrected chi connectivity index (χ4v) is 3.45. The third-order valence-electron chi connectivity index (χ3n) is 3.67. The van der Waals surface area contributed by atoms with Crippen LogP contribution in [0.5, 0.6) is 0 Å². The molecule has 25 heavy (non-hydrogen) atoms. The Morgan fingerprint density at radius 3 is 2.88 bits per heavy atom. The molecule has 8 heteroatoms. The Hall–Kier alpha value is -2.32. The molecule has 0 aliphatic heterocycles. The van der Waals surface area contributed by atoms with E-state index in [0.29, 0.717) is 21.2 Å². The number of hydrogen-bond donors (Lipinski definition) is 2. The van der Waals surface area contributed by atoms with Crippen molar-refractivity contribution in [2.75, 3.05) is 0 Å². The minimum atomic E-state index is -0.970. The first-order chi connectivity index (χ1) is 11.9. The predicted octanol–water partition coefficient (Wildman–Crippen LogP) is 3.75. The fourth-order valence-electron chi connectivity index (χ4n) is 2.59. The quantitative estimate of drug-likeness (QED) is 0.495. The van der Waals surface area contributed by atoms with E-state index in [4.69, 9.17) is 22.7 Å². The Morgan fingerprint density at radius 1 is 1.44 bits per heavy atom. The number of benzene rings is 1. The lowest BCUT2D eigenvalue weighted by Crippen LogP contribution is -2.16. The van der Waals surface area contributed by atoms with E-state index in [2.05, 4.69) is 25.9 Å². The van der Waals surface area contributed by atoms with Gasteiger partial charge in [0.15, 0.2) is 6.10 Å². The summed E-state index contributed by atoms with van der Waals surface area (Å²) in [5.41, 5.74) is 7.34. The summed E-state index contributed by atoms with van der Waals surface area (Å²) in [7, 11) is 0. The first kappa shape index (κ1) is 17.5. The number of rotatable bonds is 4. The zero-order valence-electron chi connectivity index (χ0n) is 13.0. The molecule has 0 spiro atoms. The molecular formula is C17H13BrFN3O2S. The van der Waals surface area contributed by atoms with Gasteiger partial charge in [-0.3, -0.25) is 9.78 Å². The van der Waals surface area contributed by atoms with Gasteiger partial charge in [0.1, 0.15) is 10.8 Å². The molecule has 0 saturated carbocycles. The minimum absolute atomic E-state index is 0.101. The van der Waals surface area contributed by atoms with Crippen molar-refractivity contribution in [3.05, 3.63) is 63.8 Å². The fraction of sp³-hybridized carbons (Fsp3) is 0.118. The molecule has 0 radical (unpaired) electrons. The first-order valence-corrected chi connectivity index (χ1v) is 8.46. The lowest BCUT2D eigenvalue weighted by Gasteiger charge is -2.20. The van der Waals surface area contributed by atoms with E-state index in [9.17, 15) is 9.18 Å². The third-order valence-corrected chi connectivity index (χ3v) is 4.73. The molecule has 0 aliphatic rings. The Morgan fingerprint density at radius 2 is 2.20 bits per heavy atom. The van der Waals surface area contributed by atoms with Crippen LogP contribution in [0.25, 0.3) is 10.9 Å². The molecule has 3 aromatic rings. The van der Waals surface area contributed by atoms with Gasteiger partial charge in [-0.15, -0.1) is 0 Å². The Labute approximate surface area is 156 Å². The van der Waals surface area contributed by atoms with Crippen LogP contribution < -0.4 is 5.73 Å². The number of aromatic nitrogens is 2. The van der Waals surface area contributed by atoms with Crippen molar-refractivity contribution in [2.45, 2.75) is 13.0 Å². The summed E-state index contributed by atoms with van der Waals surface area (Å²) in [4.78, 5) is 18.7. The van der Waals surface area contributed by atoms with E-state index < -0.39 is 17.9 Å². The first-order valence-electron chi connectivity index (χ1n) is 7.26. The summed E-state index contributed by atoms with van der Waals surface area (Å²) in [5, 5.41) is 0.775. The van der Waals surface area contributed by atoms with Crippen LogP contribution in [0, 0.1) is 5.82 Å². The highest BCUT2D eigenvalue weighted by Crippen LogP contribution is 2.38. The highest BCUT2D eigenvalue weighted by atomic mass is 79.9. The number of H-pyrrole nitrogens is 1. The SMILES string of the molecule is CC(=O)OC(c1ccnc(C(N)=S)c1)c1c(F)cc2[nH]ccc2c1Br. The Kier molecular flexibility index (Phi) is 4.82. The van der Waals surface area contributed by atoms with Gasteiger partial charge in [0.2, 0.25) is 0 Å². The van der Waals surface area contributed by atoms with E-state index in [1.807, 2.05) is 0 Å². The molecule has 1 aromatic carbocycles. The summed E-state index contributed by atoms with van der Waals surface area (Å²) in [5.74, 6) is -1.05. The van der Waals surface area contributed by atoms with Crippen LogP contribution in [0.15, 0.2) is 41.1 Å². The molecule has 0 amide bonds. The number of thiocarbonyl (C=S) groups is 1. The molecule has 128 valence electrons. The molecule has 0 fully saturated rings. The van der Waals surface area contributed by atoms with Gasteiger partial charge in [-0.05, 0) is 40.2 Å². The molecule has 0 saturated heterocycles. The van der Waals surface area contributed by atoms with Gasteiger partial charge in [0.25, 0.3) is 0 Å². The maximum absolute atomic E-state index is 14.8. The zero-order valence-corrected chi connectivity index (χ0v) is 15.4. The van der Waals surface area contributed by atoms with Crippen LogP contribution in [-0.4, -0.2) is 20.9 Å². The van der Waals surface area contributed by atoms with Gasteiger partial charge in [-0.1, -0.05) is 12.2 Å². The molecule has 2 heterocycles. The molecular weight excluding hydrogens is 409 g/mol. The third kappa shape index (κ3) is 3.40. The van der Waals surface area contributed by atoms with Crippen molar-refractivity contribution in [2.24, 2.45) is 5.73 Å². The van der Waals surface area contributed by atoms with Gasteiger partial charge in [-0.25, -0.2) is 4.39 Å². The van der Waals surface area contributed by atoms with Crippen molar-refractivity contribution in [3.63, 3.8) is 0 Å². The predicted molar refractivity (Wildman–Crippen MR) is 99.7 cm³/mol. The van der Waals surface area contributed by atoms with Crippen LogP contribution in [-0.2, 0) is 9.53 Å². The molecule has 0 bridgehead atoms. The van der Waals surface area contributed by atoms with Crippen molar-refractivity contribution in [3.8, 4) is 0 Å². The van der Waals surface area contributed by atoms with E-state index in [0.717, 1.165) is 5.39 Å². The van der Waals surface area contributed by atoms with Gasteiger partial charge >= 0.3 is 5.97 Å². The van der Waals surface area contributed by atoms with E-state index in [-0.39, 0.29) is 10.6 Å². The van der Waals surface area contributed by atoms with E-state index in [1.165, 1.54) is 19.2 Å². The zero-order chi connectivity index (χ0) is 18.1. The number of carbonyl (C=O) groups excluding carboxylic acids is 1. The number of hydrogen-bond acceptors (Lipinski definition) is 4. The maximum Gasteiger partial charge on any atom is 0.303 e. The standard InChI is InChI=1S/C17H13BrFN3O2S/c1-8(23)24-16(9-2-4-22-13(6-9)17(20)25)14-11(19)7-12-10(15(14)18)3-5-21-12/h2-7,16,21H,1H3,(H2,20,25). The lowest BCUT2D eigenvalue weighted by atomic mass is 9.99. The monoisotopic (exact) mass is 421 g/mol. The highest BCUT2D eigenvalue weighted by molar-refractivity contribution is 9.10. The number of aromatic amines is 1. The number of ether oxygens (including phenoxy) is 1. The van der Waals surface area contributed by atoms with Crippen molar-refractivity contribution in [1.29, 1.82) is 0 Å². The van der Waals surface area contributed by atoms with Crippen LogP contribution in [0.4, 0.5) is 4.39 Å². The number of nitrogens with one attached hydrogen (secondary N) is 1. The Balaban J connectivity index is 2.22. The molecule has 3 N–H and O–H groups in total. The number of carbonyl (C=O) groups is 1. The Bertz CT molecular complexity index is 989. The van der Waals surface area contributed by atoms with Gasteiger partial charge in [0.05, 0.1) is 5.69 Å². The largest absolute Gasteiger partial charge is 0.453 e. The molecule has 2 aromatic heterocycles. The second-order valence-corrected chi connectivity index (χ2v) is 6.59. The number of halogens is 2. The summed E-state index contributed by atoms with van der Waals surface area (Å²) >= 11 is 8.37. The average molecular weight is 422 g/mol. The maximum atomic E-state index is 14.8. The van der Waals surface area contributed by atoms with Gasteiger partial charge in [0, 0.05) is 45.8 Å². The number of nitrogens with two attached hydrogens (primary N) is 1. The average Bonchev–Trinajstić information content (AvgIpc) is 3.02. The van der Waals surface area contributed by atoms with Crippen LogP contribution in [0.3, 0.4) is 0 Å². The van der Waals surface area contributed by atoms with Crippen molar-refractivity contribution in [1.82, 2.24) is 9.97 Å². The van der Waals surface area contributed by atoms with Crippen molar-refractivity contribution < 1.29 is 13.9 Å². The normalized spacial score (nSPS) is 12.1. The summed E-state index contributed by atoms with van der Waals surface area (Å²) < 4.78 is 20.7. The van der Waals surface area contributed by atoms with Crippen molar-refractivity contribution >= 4 is 50.0 Å². The lowest BCUT2D eigenvalue weighted by molar-refractivity contribution is -0.144. The number of fused-ring (bicyclic) bond motifs is 1. The second-order valence-electron chi connectivity index (χ2n) is 5.35.